The largest absolute Gasteiger partial charge is 1.00 e. The molecule has 0 aliphatic rings. The first-order valence-corrected chi connectivity index (χ1v) is 18.4. The summed E-state index contributed by atoms with van der Waals surface area (Å²) in [6.07, 6.45) is 0. The van der Waals surface area contributed by atoms with E-state index in [0.717, 1.165) is 29.8 Å². The van der Waals surface area contributed by atoms with Crippen molar-refractivity contribution in [2.45, 2.75) is 11.8 Å². The van der Waals surface area contributed by atoms with Gasteiger partial charge in [-0.25, -0.2) is 13.5 Å². The van der Waals surface area contributed by atoms with E-state index in [0.29, 0.717) is 17.1 Å². The minimum absolute atomic E-state index is 0. The molecule has 5 rings (SSSR count). The van der Waals surface area contributed by atoms with Gasteiger partial charge in [0.15, 0.2) is 5.69 Å². The predicted octanol–water partition coefficient (Wildman–Crippen LogP) is -7.10. The van der Waals surface area contributed by atoms with E-state index in [1.165, 1.54) is 6.07 Å². The van der Waals surface area contributed by atoms with Crippen LogP contribution in [0.2, 0.25) is 0 Å². The number of aryl methyl sites for hydroxylation is 1. The molecule has 0 fully saturated rings. The fourth-order valence-corrected chi connectivity index (χ4v) is 4.63. The summed E-state index contributed by atoms with van der Waals surface area (Å²) in [6.45, 7) is 1.81. The summed E-state index contributed by atoms with van der Waals surface area (Å²) in [7, 11) is -14.4. The Morgan fingerprint density at radius 1 is 0.717 bits per heavy atom. The molecule has 3 N–H and O–H groups in total. The Hall–Kier alpha value is -3.07. The third-order valence-corrected chi connectivity index (χ3v) is 6.97. The maximum Gasteiger partial charge on any atom is 1.00 e. The number of rotatable bonds is 8. The summed E-state index contributed by atoms with van der Waals surface area (Å²) in [5, 5.41) is 45.7. The van der Waals surface area contributed by atoms with Crippen molar-refractivity contribution in [3.63, 3.8) is 0 Å². The van der Waals surface area contributed by atoms with Crippen molar-refractivity contribution in [2.24, 2.45) is 30.7 Å². The number of benzene rings is 5. The molecule has 0 saturated heterocycles. The van der Waals surface area contributed by atoms with Gasteiger partial charge in [0.2, 0.25) is 0 Å². The van der Waals surface area contributed by atoms with E-state index in [-0.39, 0.29) is 152 Å². The zero-order valence-corrected chi connectivity index (χ0v) is 42.7. The molecule has 5 aromatic carbocycles. The Bertz CT molecular complexity index is 2740. The van der Waals surface area contributed by atoms with Crippen LogP contribution in [0.3, 0.4) is 0 Å². The first-order chi connectivity index (χ1) is 26.2. The van der Waals surface area contributed by atoms with Gasteiger partial charge in [-0.2, -0.15) is 56.9 Å². The van der Waals surface area contributed by atoms with Gasteiger partial charge in [-0.05, 0) is 59.5 Å². The average Bonchev–Trinajstić information content (AvgIpc) is 3.10. The van der Waals surface area contributed by atoms with Gasteiger partial charge < -0.3 is 15.4 Å². The number of nitro benzene ring substituents is 1. The van der Waals surface area contributed by atoms with Crippen molar-refractivity contribution in [3.8, 4) is 5.75 Å². The molecule has 0 heterocycles. The van der Waals surface area contributed by atoms with Crippen LogP contribution in [-0.4, -0.2) is 60.9 Å². The van der Waals surface area contributed by atoms with Crippen molar-refractivity contribution >= 4 is 98.2 Å². The number of phenols is 1. The Labute approximate surface area is 432 Å². The standard InChI is InChI=1S/C29H19N8O6S.4Na.3O3S/c1-17-15-20(9-13-23(17)34-31-18-5-3-2-4-6-18)33-35-24-14-12-22-26(44(41,42)43)16-25(29(38)27(22)28(24)30)36-32-19-7-10-21(11-8-19)37(39)40;;;;;3*1-4(2)3/h2-3,5-7,9-13,15-16,38H,30H2,1H3,(H,41,42,43);;;;;;;/q-3;4*+1;;;/p-1. The maximum absolute atomic E-state index is 12.1. The minimum atomic E-state index is -5.08. The number of anilines is 1. The number of hydrogen-bond donors (Lipinski definition) is 2. The summed E-state index contributed by atoms with van der Waals surface area (Å²) in [6, 6.07) is 25.7. The van der Waals surface area contributed by atoms with Crippen LogP contribution in [0.15, 0.2) is 108 Å². The van der Waals surface area contributed by atoms with Crippen LogP contribution in [0.5, 0.6) is 5.75 Å². The molecule has 60 heavy (non-hydrogen) atoms. The number of nitrogens with zero attached hydrogens (tertiary/aromatic N) is 7. The smallest absolute Gasteiger partial charge is 0.745 e. The SMILES string of the molecule is Cc1cc(N=Nc2[c-]cc3c(S(=O)(=O)[O-])cc(N=Nc4[c-]cc([N+](=O)[O-])cc4)c(O)c3c2N)ccc1N=Nc1c[c-]ccc1.O=S(=O)=O.O=S(=O)=O.O=S(=O)=O.[Na+].[Na+].[Na+].[Na+]. The number of phenolic OH excluding ortho intramolecular Hbond substituents is 1. The Kier molecular flexibility index (Phi) is 30.7. The van der Waals surface area contributed by atoms with Crippen LogP contribution < -0.4 is 124 Å². The number of nitro groups is 1. The summed E-state index contributed by atoms with van der Waals surface area (Å²) in [4.78, 5) is 9.50. The van der Waals surface area contributed by atoms with Crippen molar-refractivity contribution < 1.29 is 179 Å². The number of hydrogen-bond acceptors (Lipinski definition) is 22. The molecule has 31 heteroatoms. The van der Waals surface area contributed by atoms with E-state index in [2.05, 4.69) is 48.9 Å². The molecule has 0 aromatic heterocycles. The monoisotopic (exact) mass is 938 g/mol. The molecule has 0 unspecified atom stereocenters. The number of aromatic hydroxyl groups is 1. The third-order valence-electron chi connectivity index (χ3n) is 6.09. The Morgan fingerprint density at radius 3 is 1.77 bits per heavy atom. The first-order valence-electron chi connectivity index (χ1n) is 13.9. The first kappa shape index (κ1) is 61.2. The van der Waals surface area contributed by atoms with Crippen LogP contribution in [0, 0.1) is 35.2 Å². The average molecular weight is 939 g/mol. The Balaban J connectivity index is -0.00000180. The number of azo groups is 3. The van der Waals surface area contributed by atoms with Gasteiger partial charge in [0.05, 0.1) is 11.4 Å². The summed E-state index contributed by atoms with van der Waals surface area (Å²) >= 11 is 0. The molecule has 0 aliphatic heterocycles. The topological polar surface area (TPSA) is 374 Å². The molecule has 0 radical (unpaired) electrons. The minimum Gasteiger partial charge on any atom is -0.745 e. The molecule has 0 amide bonds. The van der Waals surface area contributed by atoms with Crippen LogP contribution in [0.4, 0.5) is 45.5 Å². The number of nitrogens with two attached hydrogens (primary N) is 1. The van der Waals surface area contributed by atoms with Crippen molar-refractivity contribution in [2.75, 3.05) is 5.73 Å². The second-order valence-electron chi connectivity index (χ2n) is 9.67. The van der Waals surface area contributed by atoms with Crippen LogP contribution in [-0.2, 0) is 41.9 Å². The number of fused-ring (bicyclic) bond motifs is 1. The van der Waals surface area contributed by atoms with Gasteiger partial charge in [-0.3, -0.25) is 10.1 Å². The quantitative estimate of drug-likeness (QED) is 0.0278. The molecular formula is C29H18N8Na4O15S4. The fourth-order valence-electron chi connectivity index (χ4n) is 3.94. The second-order valence-corrected chi connectivity index (χ2v) is 12.2. The molecule has 5 aromatic rings. The predicted molar refractivity (Wildman–Crippen MR) is 187 cm³/mol. The molecule has 0 bridgehead atoms. The molecular weight excluding hydrogens is 921 g/mol. The van der Waals surface area contributed by atoms with Crippen LogP contribution >= 0.6 is 0 Å². The maximum atomic E-state index is 12.1. The summed E-state index contributed by atoms with van der Waals surface area (Å²) in [5.74, 6) is -0.595. The van der Waals surface area contributed by atoms with Crippen LogP contribution in [0.25, 0.3) is 10.8 Å². The zero-order valence-electron chi connectivity index (χ0n) is 31.4. The van der Waals surface area contributed by atoms with E-state index in [1.807, 2.05) is 6.92 Å². The van der Waals surface area contributed by atoms with E-state index in [9.17, 15) is 28.2 Å². The summed E-state index contributed by atoms with van der Waals surface area (Å²) in [5.41, 5.74) is 7.79. The van der Waals surface area contributed by atoms with E-state index in [4.69, 9.17) is 43.6 Å². The summed E-state index contributed by atoms with van der Waals surface area (Å²) < 4.78 is 112. The third kappa shape index (κ3) is 21.6. The van der Waals surface area contributed by atoms with Gasteiger partial charge in [0, 0.05) is 9.82 Å². The van der Waals surface area contributed by atoms with Gasteiger partial charge in [-0.1, -0.05) is 17.5 Å². The van der Waals surface area contributed by atoms with Crippen molar-refractivity contribution in [1.82, 2.24) is 0 Å². The molecule has 0 atom stereocenters. The van der Waals surface area contributed by atoms with Gasteiger partial charge in [-0.15, -0.1) is 66.6 Å². The van der Waals surface area contributed by atoms with Gasteiger partial charge >= 0.3 is 150 Å². The van der Waals surface area contributed by atoms with E-state index in [1.54, 1.807) is 42.5 Å². The van der Waals surface area contributed by atoms with E-state index < -0.39 is 63.2 Å². The van der Waals surface area contributed by atoms with Crippen molar-refractivity contribution in [3.05, 3.63) is 107 Å². The van der Waals surface area contributed by atoms with Gasteiger partial charge in [0.1, 0.15) is 21.6 Å². The fraction of sp³-hybridized carbons (Fsp3) is 0.0345. The zero-order chi connectivity index (χ0) is 42.2. The van der Waals surface area contributed by atoms with Crippen LogP contribution in [0.1, 0.15) is 5.56 Å². The molecule has 0 aliphatic carbocycles. The van der Waals surface area contributed by atoms with E-state index >= 15 is 0 Å². The normalized spacial score (nSPS) is 10.1. The number of non-ortho nitro benzene ring substituents is 1. The molecule has 0 spiro atoms. The Morgan fingerprint density at radius 2 is 1.28 bits per heavy atom. The molecule has 23 nitrogen and oxygen atoms in total. The van der Waals surface area contributed by atoms with Gasteiger partial charge in [0.25, 0.3) is 0 Å². The number of nitrogen functional groups attached to an aromatic ring is 1. The second kappa shape index (κ2) is 30.1. The molecule has 0 saturated carbocycles. The molecule has 292 valence electrons. The van der Waals surface area contributed by atoms with Crippen molar-refractivity contribution in [1.29, 1.82) is 0 Å².